The number of nitriles is 1. The Morgan fingerprint density at radius 2 is 1.63 bits per heavy atom. The van der Waals surface area contributed by atoms with Crippen LogP contribution in [0.5, 0.6) is 5.75 Å². The van der Waals surface area contributed by atoms with E-state index in [1.807, 2.05) is 43.4 Å². The van der Waals surface area contributed by atoms with Crippen LogP contribution in [0.4, 0.5) is 0 Å². The molecule has 2 aromatic carbocycles. The van der Waals surface area contributed by atoms with Gasteiger partial charge in [0.2, 0.25) is 0 Å². The van der Waals surface area contributed by atoms with E-state index in [0.29, 0.717) is 12.2 Å². The maximum absolute atomic E-state index is 8.72. The number of rotatable bonds is 5. The predicted molar refractivity (Wildman–Crippen MR) is 74.7 cm³/mol. The fourth-order valence-corrected chi connectivity index (χ4v) is 1.75. The molecule has 0 saturated carbocycles. The third kappa shape index (κ3) is 3.84. The first-order chi connectivity index (χ1) is 9.31. The summed E-state index contributed by atoms with van der Waals surface area (Å²) in [6, 6.07) is 17.6. The Morgan fingerprint density at radius 3 is 2.21 bits per heavy atom. The van der Waals surface area contributed by atoms with Crippen molar-refractivity contribution in [1.82, 2.24) is 5.32 Å². The second-order valence-corrected chi connectivity index (χ2v) is 4.27. The highest BCUT2D eigenvalue weighted by molar-refractivity contribution is 5.32. The number of hydrogen-bond donors (Lipinski definition) is 1. The van der Waals surface area contributed by atoms with Gasteiger partial charge in [0, 0.05) is 6.54 Å². The van der Waals surface area contributed by atoms with Crippen LogP contribution in [0.3, 0.4) is 0 Å². The van der Waals surface area contributed by atoms with Gasteiger partial charge in [-0.2, -0.15) is 5.26 Å². The second-order valence-electron chi connectivity index (χ2n) is 4.27. The molecule has 2 aromatic rings. The molecule has 0 atom stereocenters. The molecule has 0 aliphatic rings. The minimum atomic E-state index is 0.511. The summed E-state index contributed by atoms with van der Waals surface area (Å²) < 4.78 is 5.70. The summed E-state index contributed by atoms with van der Waals surface area (Å²) in [6.45, 7) is 1.37. The van der Waals surface area contributed by atoms with E-state index in [-0.39, 0.29) is 0 Å². The Kier molecular flexibility index (Phi) is 4.54. The lowest BCUT2D eigenvalue weighted by Gasteiger charge is -2.07. The zero-order valence-corrected chi connectivity index (χ0v) is 10.9. The first-order valence-corrected chi connectivity index (χ1v) is 6.17. The third-order valence-corrected chi connectivity index (χ3v) is 2.79. The van der Waals surface area contributed by atoms with Crippen molar-refractivity contribution in [2.24, 2.45) is 0 Å². The Bertz CT molecular complexity index is 553. The highest BCUT2D eigenvalue weighted by Crippen LogP contribution is 2.14. The normalized spacial score (nSPS) is 9.89. The topological polar surface area (TPSA) is 45.0 Å². The molecule has 3 nitrogen and oxygen atoms in total. The van der Waals surface area contributed by atoms with Crippen molar-refractivity contribution in [1.29, 1.82) is 5.26 Å². The summed E-state index contributed by atoms with van der Waals surface area (Å²) in [5.74, 6) is 0.851. The highest BCUT2D eigenvalue weighted by atomic mass is 16.5. The van der Waals surface area contributed by atoms with Crippen LogP contribution in [0, 0.1) is 11.3 Å². The van der Waals surface area contributed by atoms with Gasteiger partial charge in [0.15, 0.2) is 0 Å². The van der Waals surface area contributed by atoms with Gasteiger partial charge in [0.25, 0.3) is 0 Å². The molecule has 0 unspecified atom stereocenters. The largest absolute Gasteiger partial charge is 0.489 e. The van der Waals surface area contributed by atoms with Crippen LogP contribution in [0.15, 0.2) is 48.5 Å². The zero-order chi connectivity index (χ0) is 13.5. The predicted octanol–water partition coefficient (Wildman–Crippen LogP) is 2.86. The lowest BCUT2D eigenvalue weighted by molar-refractivity contribution is 0.306. The lowest BCUT2D eigenvalue weighted by Crippen LogP contribution is -2.04. The van der Waals surface area contributed by atoms with Gasteiger partial charge < -0.3 is 10.1 Å². The van der Waals surface area contributed by atoms with Gasteiger partial charge in [-0.3, -0.25) is 0 Å². The quantitative estimate of drug-likeness (QED) is 0.890. The summed E-state index contributed by atoms with van der Waals surface area (Å²) in [6.07, 6.45) is 0. The minimum Gasteiger partial charge on any atom is -0.489 e. The van der Waals surface area contributed by atoms with Gasteiger partial charge in [-0.05, 0) is 42.4 Å². The van der Waals surface area contributed by atoms with Crippen LogP contribution in [0.2, 0.25) is 0 Å². The molecule has 0 radical (unpaired) electrons. The molecular weight excluding hydrogens is 236 g/mol. The average Bonchev–Trinajstić information content (AvgIpc) is 2.47. The number of hydrogen-bond acceptors (Lipinski definition) is 3. The van der Waals surface area contributed by atoms with Crippen LogP contribution in [-0.2, 0) is 13.2 Å². The Balaban J connectivity index is 1.92. The minimum absolute atomic E-state index is 0.511. The molecule has 0 amide bonds. The summed E-state index contributed by atoms with van der Waals surface area (Å²) >= 11 is 0. The van der Waals surface area contributed by atoms with Crippen molar-refractivity contribution in [3.63, 3.8) is 0 Å². The molecule has 19 heavy (non-hydrogen) atoms. The van der Waals surface area contributed by atoms with E-state index < -0.39 is 0 Å². The second kappa shape index (κ2) is 6.58. The SMILES string of the molecule is CNCc1ccc(OCc2ccc(C#N)cc2)cc1. The van der Waals surface area contributed by atoms with Crippen molar-refractivity contribution in [2.75, 3.05) is 7.05 Å². The number of ether oxygens (including phenoxy) is 1. The number of nitrogens with one attached hydrogen (secondary N) is 1. The summed E-state index contributed by atoms with van der Waals surface area (Å²) in [4.78, 5) is 0. The molecule has 2 rings (SSSR count). The standard InChI is InChI=1S/C16H16N2O/c1-18-11-14-6-8-16(9-7-14)19-12-15-4-2-13(10-17)3-5-15/h2-9,18H,11-12H2,1H3. The van der Waals surface area contributed by atoms with Crippen molar-refractivity contribution in [3.8, 4) is 11.8 Å². The molecule has 96 valence electrons. The van der Waals surface area contributed by atoms with Gasteiger partial charge in [0.05, 0.1) is 11.6 Å². The Hall–Kier alpha value is -2.31. The van der Waals surface area contributed by atoms with Gasteiger partial charge in [-0.1, -0.05) is 24.3 Å². The fourth-order valence-electron chi connectivity index (χ4n) is 1.75. The van der Waals surface area contributed by atoms with E-state index in [1.165, 1.54) is 5.56 Å². The molecule has 0 aromatic heterocycles. The zero-order valence-electron chi connectivity index (χ0n) is 10.9. The van der Waals surface area contributed by atoms with Crippen LogP contribution in [0.25, 0.3) is 0 Å². The van der Waals surface area contributed by atoms with Gasteiger partial charge in [-0.25, -0.2) is 0 Å². The monoisotopic (exact) mass is 252 g/mol. The Morgan fingerprint density at radius 1 is 1.00 bits per heavy atom. The van der Waals surface area contributed by atoms with E-state index in [1.54, 1.807) is 12.1 Å². The first-order valence-electron chi connectivity index (χ1n) is 6.17. The Labute approximate surface area is 113 Å². The maximum Gasteiger partial charge on any atom is 0.119 e. The van der Waals surface area contributed by atoms with Crippen LogP contribution < -0.4 is 10.1 Å². The smallest absolute Gasteiger partial charge is 0.119 e. The van der Waals surface area contributed by atoms with Crippen LogP contribution >= 0.6 is 0 Å². The molecule has 0 saturated heterocycles. The molecule has 1 N–H and O–H groups in total. The molecule has 0 fully saturated rings. The van der Waals surface area contributed by atoms with Gasteiger partial charge >= 0.3 is 0 Å². The van der Waals surface area contributed by atoms with Crippen molar-refractivity contribution >= 4 is 0 Å². The summed E-state index contributed by atoms with van der Waals surface area (Å²) in [5, 5.41) is 11.8. The van der Waals surface area contributed by atoms with Crippen LogP contribution in [0.1, 0.15) is 16.7 Å². The van der Waals surface area contributed by atoms with Gasteiger partial charge in [0.1, 0.15) is 12.4 Å². The maximum atomic E-state index is 8.72. The molecule has 0 aliphatic heterocycles. The van der Waals surface area contributed by atoms with Crippen LogP contribution in [-0.4, -0.2) is 7.05 Å². The molecule has 0 bridgehead atoms. The van der Waals surface area contributed by atoms with Crippen molar-refractivity contribution in [2.45, 2.75) is 13.2 Å². The third-order valence-electron chi connectivity index (χ3n) is 2.79. The molecule has 3 heteroatoms. The lowest BCUT2D eigenvalue weighted by atomic mass is 10.1. The molecule has 0 spiro atoms. The fraction of sp³-hybridized carbons (Fsp3) is 0.188. The highest BCUT2D eigenvalue weighted by Gasteiger charge is 1.97. The first kappa shape index (κ1) is 13.1. The molecule has 0 heterocycles. The van der Waals surface area contributed by atoms with E-state index in [4.69, 9.17) is 10.00 Å². The van der Waals surface area contributed by atoms with E-state index in [9.17, 15) is 0 Å². The van der Waals surface area contributed by atoms with Gasteiger partial charge in [-0.15, -0.1) is 0 Å². The number of nitrogens with zero attached hydrogens (tertiary/aromatic N) is 1. The summed E-state index contributed by atoms with van der Waals surface area (Å²) in [5.41, 5.74) is 2.95. The van der Waals surface area contributed by atoms with Crippen molar-refractivity contribution < 1.29 is 4.74 Å². The number of benzene rings is 2. The average molecular weight is 252 g/mol. The molecule has 0 aliphatic carbocycles. The van der Waals surface area contributed by atoms with Crippen molar-refractivity contribution in [3.05, 3.63) is 65.2 Å². The van der Waals surface area contributed by atoms with E-state index in [0.717, 1.165) is 17.9 Å². The molecular formula is C16H16N2O. The van der Waals surface area contributed by atoms with E-state index in [2.05, 4.69) is 11.4 Å². The van der Waals surface area contributed by atoms with E-state index >= 15 is 0 Å². The summed E-state index contributed by atoms with van der Waals surface area (Å²) in [7, 11) is 1.93.